The van der Waals surface area contributed by atoms with Gasteiger partial charge in [-0.2, -0.15) is 0 Å². The number of sulfonamides is 1. The number of ether oxygens (including phenoxy) is 1. The predicted molar refractivity (Wildman–Crippen MR) is 100 cm³/mol. The van der Waals surface area contributed by atoms with Crippen LogP contribution in [0.1, 0.15) is 16.8 Å². The maximum absolute atomic E-state index is 12.4. The van der Waals surface area contributed by atoms with Crippen LogP contribution in [0.3, 0.4) is 0 Å². The summed E-state index contributed by atoms with van der Waals surface area (Å²) < 4.78 is 34.2. The van der Waals surface area contributed by atoms with Crippen molar-refractivity contribution < 1.29 is 17.9 Å². The third-order valence-corrected chi connectivity index (χ3v) is 5.68. The van der Waals surface area contributed by atoms with Crippen molar-refractivity contribution in [2.24, 2.45) is 0 Å². The highest BCUT2D eigenvalue weighted by Gasteiger charge is 2.18. The van der Waals surface area contributed by atoms with Crippen molar-refractivity contribution in [3.8, 4) is 0 Å². The Morgan fingerprint density at radius 2 is 2.15 bits per heavy atom. The summed E-state index contributed by atoms with van der Waals surface area (Å²) in [6, 6.07) is 4.34. The molecule has 142 valence electrons. The fourth-order valence-electron chi connectivity index (χ4n) is 2.18. The van der Waals surface area contributed by atoms with Gasteiger partial charge in [-0.3, -0.25) is 4.79 Å². The molecular weight excluding hydrogens is 424 g/mol. The first kappa shape index (κ1) is 20.6. The first-order chi connectivity index (χ1) is 12.4. The summed E-state index contributed by atoms with van der Waals surface area (Å²) >= 11 is 3.29. The van der Waals surface area contributed by atoms with Crippen LogP contribution < -0.4 is 10.0 Å². The molecule has 0 radical (unpaired) electrons. The lowest BCUT2D eigenvalue weighted by Crippen LogP contribution is -2.28. The molecular formula is C16H21BrN4O4S. The highest BCUT2D eigenvalue weighted by molar-refractivity contribution is 9.10. The summed E-state index contributed by atoms with van der Waals surface area (Å²) in [6.45, 7) is 1.62. The van der Waals surface area contributed by atoms with Gasteiger partial charge in [0.2, 0.25) is 10.0 Å². The zero-order valence-electron chi connectivity index (χ0n) is 14.3. The van der Waals surface area contributed by atoms with Crippen LogP contribution in [0.2, 0.25) is 0 Å². The molecule has 0 atom stereocenters. The number of hydrogen-bond donors (Lipinski definition) is 2. The van der Waals surface area contributed by atoms with E-state index in [4.69, 9.17) is 4.74 Å². The number of aromatic nitrogens is 2. The Bertz CT molecular complexity index is 825. The van der Waals surface area contributed by atoms with E-state index >= 15 is 0 Å². The van der Waals surface area contributed by atoms with Gasteiger partial charge < -0.3 is 14.6 Å². The number of nitrogens with zero attached hydrogens (tertiary/aromatic N) is 2. The van der Waals surface area contributed by atoms with Crippen LogP contribution in [0, 0.1) is 0 Å². The van der Waals surface area contributed by atoms with Crippen LogP contribution in [0.15, 0.2) is 46.3 Å². The molecule has 0 aliphatic carbocycles. The Labute approximate surface area is 161 Å². The van der Waals surface area contributed by atoms with Gasteiger partial charge >= 0.3 is 0 Å². The molecule has 0 fully saturated rings. The fourth-order valence-corrected chi connectivity index (χ4v) is 3.65. The van der Waals surface area contributed by atoms with Gasteiger partial charge in [0.1, 0.15) is 0 Å². The number of rotatable bonds is 10. The predicted octanol–water partition coefficient (Wildman–Crippen LogP) is 1.39. The van der Waals surface area contributed by atoms with E-state index in [0.29, 0.717) is 11.0 Å². The summed E-state index contributed by atoms with van der Waals surface area (Å²) in [7, 11) is -2.21. The van der Waals surface area contributed by atoms with Crippen LogP contribution in [-0.4, -0.2) is 50.7 Å². The van der Waals surface area contributed by atoms with Gasteiger partial charge in [0.25, 0.3) is 5.91 Å². The van der Waals surface area contributed by atoms with Crippen molar-refractivity contribution >= 4 is 31.9 Å². The molecule has 26 heavy (non-hydrogen) atoms. The van der Waals surface area contributed by atoms with Crippen LogP contribution >= 0.6 is 15.9 Å². The Morgan fingerprint density at radius 1 is 1.35 bits per heavy atom. The van der Waals surface area contributed by atoms with Crippen molar-refractivity contribution in [3.63, 3.8) is 0 Å². The zero-order valence-corrected chi connectivity index (χ0v) is 16.7. The largest absolute Gasteiger partial charge is 0.383 e. The first-order valence-electron chi connectivity index (χ1n) is 7.96. The van der Waals surface area contributed by atoms with E-state index in [1.165, 1.54) is 19.2 Å². The van der Waals surface area contributed by atoms with Crippen LogP contribution in [0.4, 0.5) is 0 Å². The molecule has 8 nitrogen and oxygen atoms in total. The fraction of sp³-hybridized carbons (Fsp3) is 0.375. The number of methoxy groups -OCH3 is 1. The third-order valence-electron chi connectivity index (χ3n) is 3.53. The van der Waals surface area contributed by atoms with Gasteiger partial charge in [-0.1, -0.05) is 0 Å². The molecule has 2 N–H and O–H groups in total. The smallest absolute Gasteiger partial charge is 0.252 e. The molecule has 1 amide bonds. The number of imidazole rings is 1. The summed E-state index contributed by atoms with van der Waals surface area (Å²) in [5.41, 5.74) is 0.266. The minimum Gasteiger partial charge on any atom is -0.383 e. The maximum Gasteiger partial charge on any atom is 0.252 e. The third kappa shape index (κ3) is 5.90. The van der Waals surface area contributed by atoms with Gasteiger partial charge in [0.05, 0.1) is 23.4 Å². The van der Waals surface area contributed by atoms with Crippen LogP contribution in [0.25, 0.3) is 0 Å². The number of halogens is 1. The molecule has 2 aromatic rings. The standard InChI is InChI=1S/C16H21BrN4O4S/c1-25-10-7-20-26(23,24)13-3-4-15(17)14(11-13)16(22)19-5-2-8-21-9-6-18-12-21/h3-4,6,9,11-12,20H,2,5,7-8,10H2,1H3,(H,19,22). The molecule has 1 heterocycles. The van der Waals surface area contributed by atoms with Gasteiger partial charge in [0.15, 0.2) is 0 Å². The highest BCUT2D eigenvalue weighted by atomic mass is 79.9. The monoisotopic (exact) mass is 444 g/mol. The minimum atomic E-state index is -3.70. The average Bonchev–Trinajstić information content (AvgIpc) is 3.12. The van der Waals surface area contributed by atoms with E-state index in [2.05, 4.69) is 31.0 Å². The molecule has 0 saturated carbocycles. The lowest BCUT2D eigenvalue weighted by Gasteiger charge is -2.10. The second kappa shape index (κ2) is 9.81. The Hall–Kier alpha value is -1.75. The topological polar surface area (TPSA) is 102 Å². The van der Waals surface area contributed by atoms with E-state index in [9.17, 15) is 13.2 Å². The van der Waals surface area contributed by atoms with E-state index in [0.717, 1.165) is 13.0 Å². The molecule has 0 bridgehead atoms. The Morgan fingerprint density at radius 3 is 2.85 bits per heavy atom. The lowest BCUT2D eigenvalue weighted by molar-refractivity contribution is 0.0951. The molecule has 0 aliphatic rings. The normalized spacial score (nSPS) is 11.5. The van der Waals surface area contributed by atoms with Gasteiger partial charge in [-0.05, 0) is 40.5 Å². The second-order valence-electron chi connectivity index (χ2n) is 5.44. The maximum atomic E-state index is 12.4. The van der Waals surface area contributed by atoms with Gasteiger partial charge in [-0.15, -0.1) is 0 Å². The van der Waals surface area contributed by atoms with Crippen molar-refractivity contribution in [3.05, 3.63) is 47.0 Å². The number of hydrogen-bond acceptors (Lipinski definition) is 5. The quantitative estimate of drug-likeness (QED) is 0.539. The Kier molecular flexibility index (Phi) is 7.76. The summed E-state index contributed by atoms with van der Waals surface area (Å²) in [6.07, 6.45) is 5.99. The minimum absolute atomic E-state index is 0.0281. The molecule has 1 aromatic heterocycles. The van der Waals surface area contributed by atoms with E-state index in [1.54, 1.807) is 18.6 Å². The number of nitrogens with one attached hydrogen (secondary N) is 2. The highest BCUT2D eigenvalue weighted by Crippen LogP contribution is 2.21. The summed E-state index contributed by atoms with van der Waals surface area (Å²) in [4.78, 5) is 16.4. The molecule has 2 rings (SSSR count). The Balaban J connectivity index is 1.98. The number of carbonyl (C=O) groups is 1. The zero-order chi connectivity index (χ0) is 19.0. The van der Waals surface area contributed by atoms with Crippen LogP contribution in [-0.2, 0) is 21.3 Å². The molecule has 10 heteroatoms. The van der Waals surface area contributed by atoms with Gasteiger partial charge in [0, 0.05) is 43.6 Å². The van der Waals surface area contributed by atoms with Crippen molar-refractivity contribution in [1.82, 2.24) is 19.6 Å². The number of amides is 1. The average molecular weight is 445 g/mol. The lowest BCUT2D eigenvalue weighted by atomic mass is 10.2. The van der Waals surface area contributed by atoms with E-state index in [-0.39, 0.29) is 29.5 Å². The van der Waals surface area contributed by atoms with Crippen molar-refractivity contribution in [1.29, 1.82) is 0 Å². The second-order valence-corrected chi connectivity index (χ2v) is 8.06. The molecule has 0 unspecified atom stereocenters. The number of benzene rings is 1. The van der Waals surface area contributed by atoms with Crippen molar-refractivity contribution in [2.45, 2.75) is 17.9 Å². The first-order valence-corrected chi connectivity index (χ1v) is 10.2. The van der Waals surface area contributed by atoms with Crippen LogP contribution in [0.5, 0.6) is 0 Å². The SMILES string of the molecule is COCCNS(=O)(=O)c1ccc(Br)c(C(=O)NCCCn2ccnc2)c1. The summed E-state index contributed by atoms with van der Waals surface area (Å²) in [5, 5.41) is 2.80. The number of aryl methyl sites for hydroxylation is 1. The van der Waals surface area contributed by atoms with Gasteiger partial charge in [-0.25, -0.2) is 18.1 Å². The van der Waals surface area contributed by atoms with E-state index < -0.39 is 10.0 Å². The van der Waals surface area contributed by atoms with Crippen molar-refractivity contribution in [2.75, 3.05) is 26.8 Å². The molecule has 0 aliphatic heterocycles. The number of carbonyl (C=O) groups excluding carboxylic acids is 1. The van der Waals surface area contributed by atoms with E-state index in [1.807, 2.05) is 10.8 Å². The summed E-state index contributed by atoms with van der Waals surface area (Å²) in [5.74, 6) is -0.337. The molecule has 0 saturated heterocycles. The molecule has 1 aromatic carbocycles. The molecule has 0 spiro atoms.